The van der Waals surface area contributed by atoms with Crippen molar-refractivity contribution in [2.45, 2.75) is 57.1 Å². The molecular formula is C27H25Cl2N5O5. The number of carboxylic acid groups (broad SMARTS) is 1. The first-order valence-corrected chi connectivity index (χ1v) is 13.2. The molecule has 0 aliphatic carbocycles. The number of carbonyl (C=O) groups is 1. The molecule has 0 radical (unpaired) electrons. The van der Waals surface area contributed by atoms with Crippen molar-refractivity contribution in [1.29, 1.82) is 0 Å². The summed E-state index contributed by atoms with van der Waals surface area (Å²) in [5.41, 5.74) is 2.22. The predicted molar refractivity (Wildman–Crippen MR) is 144 cm³/mol. The molecule has 0 saturated carbocycles. The van der Waals surface area contributed by atoms with Gasteiger partial charge in [-0.25, -0.2) is 9.48 Å². The van der Waals surface area contributed by atoms with E-state index in [4.69, 9.17) is 37.4 Å². The van der Waals surface area contributed by atoms with Gasteiger partial charge in [0.25, 0.3) is 0 Å². The summed E-state index contributed by atoms with van der Waals surface area (Å²) in [6.45, 7) is 4.09. The minimum absolute atomic E-state index is 0.0383. The van der Waals surface area contributed by atoms with E-state index in [9.17, 15) is 9.90 Å². The Kier molecular flexibility index (Phi) is 6.68. The largest absolute Gasteiger partial charge is 0.478 e. The SMILES string of the molecule is CC1(C)O[C@@H]2[C@H](O1)[C@@H](Cc1ccccc1C(=O)O)O[C@H]2n1ncc2c(NCc3ccccc3Cl)nc(Cl)nc21. The fourth-order valence-electron chi connectivity index (χ4n) is 5.18. The number of rotatable bonds is 7. The van der Waals surface area contributed by atoms with Crippen molar-refractivity contribution in [3.05, 3.63) is 81.7 Å². The van der Waals surface area contributed by atoms with Gasteiger partial charge in [-0.15, -0.1) is 0 Å². The Morgan fingerprint density at radius 1 is 1.05 bits per heavy atom. The fourth-order valence-corrected chi connectivity index (χ4v) is 5.55. The molecule has 0 spiro atoms. The van der Waals surface area contributed by atoms with Crippen molar-refractivity contribution in [1.82, 2.24) is 19.7 Å². The smallest absolute Gasteiger partial charge is 0.335 e. The standard InChI is InChI=1S/C27H25Cl2N5O5/c1-27(2)38-20-19(11-14-7-3-5-9-16(14)25(35)36)37-24(21(20)39-27)34-23-17(13-31-34)22(32-26(29)33-23)30-12-15-8-4-6-10-18(15)28/h3-10,13,19-21,24H,11-12H2,1-2H3,(H,35,36)(H,30,32,33)/t19-,20-,21-,24-/m1/s1. The van der Waals surface area contributed by atoms with Crippen LogP contribution in [0.5, 0.6) is 0 Å². The van der Waals surface area contributed by atoms with E-state index < -0.39 is 36.3 Å². The molecule has 2 aromatic heterocycles. The van der Waals surface area contributed by atoms with Crippen LogP contribution in [0.25, 0.3) is 11.0 Å². The zero-order valence-corrected chi connectivity index (χ0v) is 22.6. The first kappa shape index (κ1) is 26.0. The van der Waals surface area contributed by atoms with Gasteiger partial charge in [0, 0.05) is 18.0 Å². The van der Waals surface area contributed by atoms with Crippen LogP contribution in [0.15, 0.2) is 54.7 Å². The second-order valence-electron chi connectivity index (χ2n) is 9.91. The second-order valence-corrected chi connectivity index (χ2v) is 10.7. The first-order valence-electron chi connectivity index (χ1n) is 12.4. The van der Waals surface area contributed by atoms with E-state index in [0.29, 0.717) is 40.4 Å². The van der Waals surface area contributed by atoms with E-state index in [1.807, 2.05) is 38.1 Å². The third-order valence-electron chi connectivity index (χ3n) is 6.87. The monoisotopic (exact) mass is 569 g/mol. The van der Waals surface area contributed by atoms with E-state index in [1.54, 1.807) is 35.1 Å². The maximum absolute atomic E-state index is 11.8. The van der Waals surface area contributed by atoms with E-state index in [0.717, 1.165) is 5.56 Å². The van der Waals surface area contributed by atoms with Crippen LogP contribution < -0.4 is 5.32 Å². The number of fused-ring (bicyclic) bond motifs is 2. The van der Waals surface area contributed by atoms with Gasteiger partial charge in [0.2, 0.25) is 5.28 Å². The number of hydrogen-bond donors (Lipinski definition) is 2. The molecule has 6 rings (SSSR count). The topological polar surface area (TPSA) is 121 Å². The lowest BCUT2D eigenvalue weighted by Gasteiger charge is -2.24. The third kappa shape index (κ3) is 4.94. The van der Waals surface area contributed by atoms with Crippen LogP contribution in [0.4, 0.5) is 5.82 Å². The third-order valence-corrected chi connectivity index (χ3v) is 7.40. The molecule has 2 aromatic carbocycles. The minimum atomic E-state index is -0.998. The summed E-state index contributed by atoms with van der Waals surface area (Å²) in [4.78, 5) is 20.6. The molecule has 0 unspecified atom stereocenters. The first-order chi connectivity index (χ1) is 18.7. The van der Waals surface area contributed by atoms with Crippen LogP contribution in [-0.4, -0.2) is 54.9 Å². The number of anilines is 1. The van der Waals surface area contributed by atoms with Gasteiger partial charge in [0.05, 0.1) is 23.3 Å². The summed E-state index contributed by atoms with van der Waals surface area (Å²) in [5, 5.41) is 18.8. The van der Waals surface area contributed by atoms with Crippen LogP contribution in [0.3, 0.4) is 0 Å². The van der Waals surface area contributed by atoms with Crippen molar-refractivity contribution in [3.63, 3.8) is 0 Å². The number of aromatic carboxylic acids is 1. The number of nitrogens with one attached hydrogen (secondary N) is 1. The van der Waals surface area contributed by atoms with Crippen molar-refractivity contribution >= 4 is 46.0 Å². The number of carboxylic acids is 1. The van der Waals surface area contributed by atoms with Crippen LogP contribution >= 0.6 is 23.2 Å². The maximum atomic E-state index is 11.8. The van der Waals surface area contributed by atoms with Gasteiger partial charge in [0.1, 0.15) is 18.0 Å². The normalized spacial score (nSPS) is 23.7. The maximum Gasteiger partial charge on any atom is 0.335 e. The number of ether oxygens (including phenoxy) is 3. The van der Waals surface area contributed by atoms with Crippen LogP contribution in [0.1, 0.15) is 41.6 Å². The zero-order valence-electron chi connectivity index (χ0n) is 21.0. The average Bonchev–Trinajstić information content (AvgIpc) is 3.54. The van der Waals surface area contributed by atoms with Gasteiger partial charge in [-0.1, -0.05) is 48.0 Å². The quantitative estimate of drug-likeness (QED) is 0.292. The molecule has 2 aliphatic heterocycles. The highest BCUT2D eigenvalue weighted by Gasteiger charge is 2.56. The van der Waals surface area contributed by atoms with Crippen LogP contribution in [0.2, 0.25) is 10.3 Å². The molecule has 12 heteroatoms. The summed E-state index contributed by atoms with van der Waals surface area (Å²) in [6, 6.07) is 14.4. The number of benzene rings is 2. The van der Waals surface area contributed by atoms with Gasteiger partial charge in [-0.2, -0.15) is 15.1 Å². The Balaban J connectivity index is 1.33. The number of halogens is 2. The summed E-state index contributed by atoms with van der Waals surface area (Å²) in [5.74, 6) is -1.36. The highest BCUT2D eigenvalue weighted by molar-refractivity contribution is 6.31. The van der Waals surface area contributed by atoms with E-state index in [2.05, 4.69) is 20.4 Å². The van der Waals surface area contributed by atoms with Gasteiger partial charge in [0.15, 0.2) is 17.7 Å². The van der Waals surface area contributed by atoms with Crippen LogP contribution in [-0.2, 0) is 27.2 Å². The average molecular weight is 570 g/mol. The molecule has 2 saturated heterocycles. The Labute approximate surface area is 233 Å². The van der Waals surface area contributed by atoms with Crippen molar-refractivity contribution in [3.8, 4) is 0 Å². The molecule has 2 aliphatic rings. The molecule has 2 N–H and O–H groups in total. The highest BCUT2D eigenvalue weighted by atomic mass is 35.5. The molecule has 4 heterocycles. The molecule has 0 bridgehead atoms. The van der Waals surface area contributed by atoms with E-state index >= 15 is 0 Å². The van der Waals surface area contributed by atoms with Gasteiger partial charge in [-0.05, 0) is 48.7 Å². The Bertz CT molecular complexity index is 1560. The van der Waals surface area contributed by atoms with Gasteiger partial charge in [-0.3, -0.25) is 0 Å². The lowest BCUT2D eigenvalue weighted by molar-refractivity contribution is -0.197. The Morgan fingerprint density at radius 2 is 1.77 bits per heavy atom. The summed E-state index contributed by atoms with van der Waals surface area (Å²) in [6.07, 6.45) is -0.193. The lowest BCUT2D eigenvalue weighted by Crippen LogP contribution is -2.31. The number of hydrogen-bond acceptors (Lipinski definition) is 8. The lowest BCUT2D eigenvalue weighted by atomic mass is 9.98. The summed E-state index contributed by atoms with van der Waals surface area (Å²) in [7, 11) is 0. The molecule has 0 amide bonds. The molecule has 4 aromatic rings. The van der Waals surface area contributed by atoms with E-state index in [-0.39, 0.29) is 10.8 Å². The summed E-state index contributed by atoms with van der Waals surface area (Å²) < 4.78 is 20.6. The number of aromatic nitrogens is 4. The highest BCUT2D eigenvalue weighted by Crippen LogP contribution is 2.44. The number of nitrogens with zero attached hydrogens (tertiary/aromatic N) is 4. The van der Waals surface area contributed by atoms with Crippen molar-refractivity contribution in [2.24, 2.45) is 0 Å². The van der Waals surface area contributed by atoms with Gasteiger partial charge < -0.3 is 24.6 Å². The minimum Gasteiger partial charge on any atom is -0.478 e. The summed E-state index contributed by atoms with van der Waals surface area (Å²) >= 11 is 12.6. The molecule has 2 fully saturated rings. The van der Waals surface area contributed by atoms with Gasteiger partial charge >= 0.3 is 5.97 Å². The van der Waals surface area contributed by atoms with Crippen molar-refractivity contribution in [2.75, 3.05) is 5.32 Å². The van der Waals surface area contributed by atoms with Crippen LogP contribution in [0, 0.1) is 0 Å². The van der Waals surface area contributed by atoms with E-state index in [1.165, 1.54) is 0 Å². The fraction of sp³-hybridized carbons (Fsp3) is 0.333. The molecule has 4 atom stereocenters. The zero-order chi connectivity index (χ0) is 27.3. The second kappa shape index (κ2) is 10.0. The Hall–Kier alpha value is -3.28. The molecule has 202 valence electrons. The van der Waals surface area contributed by atoms with Crippen molar-refractivity contribution < 1.29 is 24.1 Å². The molecule has 39 heavy (non-hydrogen) atoms. The predicted octanol–water partition coefficient (Wildman–Crippen LogP) is 5.10. The molecule has 10 nitrogen and oxygen atoms in total. The Morgan fingerprint density at radius 3 is 2.54 bits per heavy atom. The molecular weight excluding hydrogens is 545 g/mol.